The van der Waals surface area contributed by atoms with E-state index in [1.54, 1.807) is 0 Å². The summed E-state index contributed by atoms with van der Waals surface area (Å²) in [5, 5.41) is 3.41. The number of hydrogen-bond acceptors (Lipinski definition) is 1. The van der Waals surface area contributed by atoms with Crippen molar-refractivity contribution in [3.8, 4) is 11.1 Å². The number of hydrogen-bond donors (Lipinski definition) is 1. The number of fused-ring (bicyclic) bond motifs is 1. The fraction of sp³-hybridized carbons (Fsp3) is 0.0714. The molecule has 1 amide bonds. The van der Waals surface area contributed by atoms with E-state index in [2.05, 4.69) is 5.32 Å². The molecule has 1 N–H and O–H groups in total. The van der Waals surface area contributed by atoms with Gasteiger partial charge < -0.3 is 5.32 Å². The van der Waals surface area contributed by atoms with Gasteiger partial charge in [-0.2, -0.15) is 0 Å². The number of anilines is 1. The van der Waals surface area contributed by atoms with Gasteiger partial charge in [0.1, 0.15) is 0 Å². The lowest BCUT2D eigenvalue weighted by atomic mass is 9.98. The molecular weight excluding hydrogens is 234 g/mol. The highest BCUT2D eigenvalue weighted by molar-refractivity contribution is 6.34. The molecular formula is C14H10ClNO. The Hall–Kier alpha value is -1.80. The van der Waals surface area contributed by atoms with Crippen LogP contribution in [0.15, 0.2) is 42.5 Å². The van der Waals surface area contributed by atoms with Gasteiger partial charge in [-0.3, -0.25) is 4.79 Å². The third-order valence-electron chi connectivity index (χ3n) is 2.95. The standard InChI is InChI=1S/C14H10ClNO/c15-12-7-6-10(9-4-2-1-3-5-9)11-8-13(17)16-14(11)12/h1-7H,8H2,(H,16,17). The second kappa shape index (κ2) is 3.90. The quantitative estimate of drug-likeness (QED) is 0.816. The molecule has 17 heavy (non-hydrogen) atoms. The van der Waals surface area contributed by atoms with Crippen LogP contribution in [0.5, 0.6) is 0 Å². The van der Waals surface area contributed by atoms with Crippen LogP contribution in [0.4, 0.5) is 5.69 Å². The molecule has 3 heteroatoms. The number of halogens is 1. The molecule has 84 valence electrons. The molecule has 0 aromatic heterocycles. The summed E-state index contributed by atoms with van der Waals surface area (Å²) < 4.78 is 0. The maximum Gasteiger partial charge on any atom is 0.228 e. The minimum atomic E-state index is 0.00489. The van der Waals surface area contributed by atoms with Crippen molar-refractivity contribution in [3.05, 3.63) is 53.1 Å². The van der Waals surface area contributed by atoms with E-state index < -0.39 is 0 Å². The summed E-state index contributed by atoms with van der Waals surface area (Å²) in [6, 6.07) is 13.8. The summed E-state index contributed by atoms with van der Waals surface area (Å²) in [6.07, 6.45) is 0.403. The molecule has 1 heterocycles. The number of carbonyl (C=O) groups excluding carboxylic acids is 1. The van der Waals surface area contributed by atoms with Gasteiger partial charge in [0.05, 0.1) is 17.1 Å². The Morgan fingerprint density at radius 1 is 1.06 bits per heavy atom. The normalized spacial score (nSPS) is 13.4. The number of benzene rings is 2. The summed E-state index contributed by atoms with van der Waals surface area (Å²) in [7, 11) is 0. The Morgan fingerprint density at radius 2 is 1.82 bits per heavy atom. The zero-order valence-electron chi connectivity index (χ0n) is 9.03. The van der Waals surface area contributed by atoms with Crippen LogP contribution in [0.1, 0.15) is 5.56 Å². The predicted molar refractivity (Wildman–Crippen MR) is 69.2 cm³/mol. The Kier molecular flexibility index (Phi) is 2.37. The van der Waals surface area contributed by atoms with Gasteiger partial charge in [-0.05, 0) is 22.8 Å². The molecule has 3 rings (SSSR count). The third-order valence-corrected chi connectivity index (χ3v) is 3.26. The highest BCUT2D eigenvalue weighted by atomic mass is 35.5. The molecule has 0 aliphatic carbocycles. The largest absolute Gasteiger partial charge is 0.324 e. The second-order valence-electron chi connectivity index (χ2n) is 4.04. The molecule has 2 aromatic carbocycles. The van der Waals surface area contributed by atoms with E-state index >= 15 is 0 Å². The molecule has 0 fully saturated rings. The molecule has 2 nitrogen and oxygen atoms in total. The third kappa shape index (κ3) is 1.71. The van der Waals surface area contributed by atoms with Gasteiger partial charge in [-0.15, -0.1) is 0 Å². The van der Waals surface area contributed by atoms with Gasteiger partial charge in [0.25, 0.3) is 0 Å². The van der Waals surface area contributed by atoms with Gasteiger partial charge in [-0.25, -0.2) is 0 Å². The van der Waals surface area contributed by atoms with Crippen molar-refractivity contribution >= 4 is 23.2 Å². The minimum absolute atomic E-state index is 0.00489. The van der Waals surface area contributed by atoms with E-state index in [-0.39, 0.29) is 5.91 Å². The minimum Gasteiger partial charge on any atom is -0.324 e. The smallest absolute Gasteiger partial charge is 0.228 e. The van der Waals surface area contributed by atoms with Gasteiger partial charge >= 0.3 is 0 Å². The SMILES string of the molecule is O=C1Cc2c(-c3ccccc3)ccc(Cl)c2N1. The lowest BCUT2D eigenvalue weighted by Gasteiger charge is -2.08. The lowest BCUT2D eigenvalue weighted by molar-refractivity contribution is -0.115. The van der Waals surface area contributed by atoms with Gasteiger partial charge in [0.15, 0.2) is 0 Å². The van der Waals surface area contributed by atoms with Gasteiger partial charge in [0.2, 0.25) is 5.91 Å². The number of amides is 1. The topological polar surface area (TPSA) is 29.1 Å². The van der Waals surface area contributed by atoms with E-state index in [1.807, 2.05) is 42.5 Å². The molecule has 2 aromatic rings. The predicted octanol–water partition coefficient (Wildman–Crippen LogP) is 3.50. The Balaban J connectivity index is 2.21. The monoisotopic (exact) mass is 243 g/mol. The molecule has 0 atom stereocenters. The summed E-state index contributed by atoms with van der Waals surface area (Å²) in [4.78, 5) is 11.5. The van der Waals surface area contributed by atoms with Crippen molar-refractivity contribution in [1.82, 2.24) is 0 Å². The van der Waals surface area contributed by atoms with Crippen molar-refractivity contribution in [3.63, 3.8) is 0 Å². The van der Waals surface area contributed by atoms with Crippen molar-refractivity contribution in [2.24, 2.45) is 0 Å². The van der Waals surface area contributed by atoms with Crippen molar-refractivity contribution < 1.29 is 4.79 Å². The summed E-state index contributed by atoms with van der Waals surface area (Å²) in [5.41, 5.74) is 3.94. The fourth-order valence-electron chi connectivity index (χ4n) is 2.17. The number of carbonyl (C=O) groups is 1. The highest BCUT2D eigenvalue weighted by Gasteiger charge is 2.23. The van der Waals surface area contributed by atoms with Crippen LogP contribution in [0, 0.1) is 0 Å². The first-order valence-corrected chi connectivity index (χ1v) is 5.80. The lowest BCUT2D eigenvalue weighted by Crippen LogP contribution is -2.03. The average Bonchev–Trinajstić information content (AvgIpc) is 2.73. The zero-order valence-corrected chi connectivity index (χ0v) is 9.79. The molecule has 0 unspecified atom stereocenters. The summed E-state index contributed by atoms with van der Waals surface area (Å²) >= 11 is 6.08. The van der Waals surface area contributed by atoms with Crippen molar-refractivity contribution in [2.45, 2.75) is 6.42 Å². The first-order valence-electron chi connectivity index (χ1n) is 5.42. The van der Waals surface area contributed by atoms with E-state index in [0.717, 1.165) is 22.4 Å². The summed E-state index contributed by atoms with van der Waals surface area (Å²) in [5.74, 6) is 0.00489. The van der Waals surface area contributed by atoms with E-state index in [9.17, 15) is 4.79 Å². The first-order chi connectivity index (χ1) is 8.25. The zero-order chi connectivity index (χ0) is 11.8. The van der Waals surface area contributed by atoms with Crippen LogP contribution in [0.3, 0.4) is 0 Å². The fourth-order valence-corrected chi connectivity index (χ4v) is 2.39. The Labute approximate surface area is 104 Å². The van der Waals surface area contributed by atoms with Crippen LogP contribution in [-0.4, -0.2) is 5.91 Å². The molecule has 0 saturated carbocycles. The maximum atomic E-state index is 11.5. The van der Waals surface area contributed by atoms with Gasteiger partial charge in [0, 0.05) is 0 Å². The average molecular weight is 244 g/mol. The van der Waals surface area contributed by atoms with Crippen molar-refractivity contribution in [1.29, 1.82) is 0 Å². The molecule has 1 aliphatic rings. The molecule has 0 radical (unpaired) electrons. The molecule has 0 saturated heterocycles. The van der Waals surface area contributed by atoms with Crippen LogP contribution in [0.2, 0.25) is 5.02 Å². The van der Waals surface area contributed by atoms with Crippen LogP contribution in [0.25, 0.3) is 11.1 Å². The second-order valence-corrected chi connectivity index (χ2v) is 4.45. The summed E-state index contributed by atoms with van der Waals surface area (Å²) in [6.45, 7) is 0. The van der Waals surface area contributed by atoms with E-state index in [1.165, 1.54) is 0 Å². The van der Waals surface area contributed by atoms with Crippen molar-refractivity contribution in [2.75, 3.05) is 5.32 Å². The molecule has 0 bridgehead atoms. The van der Waals surface area contributed by atoms with Gasteiger partial charge in [-0.1, -0.05) is 48.0 Å². The first kappa shape index (κ1) is 10.4. The molecule has 0 spiro atoms. The maximum absolute atomic E-state index is 11.5. The van der Waals surface area contributed by atoms with Crippen LogP contribution in [-0.2, 0) is 11.2 Å². The Morgan fingerprint density at radius 3 is 2.59 bits per heavy atom. The van der Waals surface area contributed by atoms with E-state index in [0.29, 0.717) is 11.4 Å². The van der Waals surface area contributed by atoms with Crippen LogP contribution < -0.4 is 5.32 Å². The number of nitrogens with one attached hydrogen (secondary N) is 1. The highest BCUT2D eigenvalue weighted by Crippen LogP contribution is 2.38. The van der Waals surface area contributed by atoms with E-state index in [4.69, 9.17) is 11.6 Å². The number of rotatable bonds is 1. The molecule has 1 aliphatic heterocycles. The Bertz CT molecular complexity index is 593. The van der Waals surface area contributed by atoms with Crippen LogP contribution >= 0.6 is 11.6 Å².